The van der Waals surface area contributed by atoms with Crippen LogP contribution in [0.4, 0.5) is 13.2 Å². The van der Waals surface area contributed by atoms with Crippen LogP contribution >= 0.6 is 0 Å². The summed E-state index contributed by atoms with van der Waals surface area (Å²) in [4.78, 5) is 15.8. The van der Waals surface area contributed by atoms with Crippen molar-refractivity contribution in [2.45, 2.75) is 78.3 Å². The summed E-state index contributed by atoms with van der Waals surface area (Å²) in [5.74, 6) is 1.24. The predicted octanol–water partition coefficient (Wildman–Crippen LogP) is 7.08. The molecule has 0 aliphatic carbocycles. The number of carbonyl (C=O) groups excluding carboxylic acids is 1. The number of nitrogens with zero attached hydrogens (tertiary/aromatic N) is 3. The van der Waals surface area contributed by atoms with E-state index in [1.807, 2.05) is 25.3 Å². The molecule has 0 radical (unpaired) electrons. The first-order chi connectivity index (χ1) is 17.7. The summed E-state index contributed by atoms with van der Waals surface area (Å²) in [5, 5.41) is 4.71. The van der Waals surface area contributed by atoms with Crippen LogP contribution in [0.2, 0.25) is 0 Å². The topological polar surface area (TPSA) is 66.2 Å². The number of alkyl halides is 3. The van der Waals surface area contributed by atoms with Gasteiger partial charge in [0.2, 0.25) is 0 Å². The second-order valence-electron chi connectivity index (χ2n) is 8.78. The number of rotatable bonds is 12. The molecular weight excluding hydrogens is 483 g/mol. The SMILES string of the molecule is CCC(=O)Oc1cccc(CC)c1OCCCc1cn(-c2ccc(C(F)(F)F)cn2)nc1C(CC)CC. The molecule has 0 saturated heterocycles. The van der Waals surface area contributed by atoms with Gasteiger partial charge in [0.15, 0.2) is 17.3 Å². The van der Waals surface area contributed by atoms with Gasteiger partial charge in [-0.3, -0.25) is 4.79 Å². The molecule has 9 heteroatoms. The molecule has 37 heavy (non-hydrogen) atoms. The average molecular weight is 518 g/mol. The first-order valence-electron chi connectivity index (χ1n) is 12.8. The number of para-hydroxylation sites is 1. The molecule has 0 aliphatic rings. The Hall–Kier alpha value is -3.36. The molecule has 200 valence electrons. The third kappa shape index (κ3) is 7.11. The summed E-state index contributed by atoms with van der Waals surface area (Å²) in [6.45, 7) is 8.35. The van der Waals surface area contributed by atoms with E-state index in [1.54, 1.807) is 17.7 Å². The van der Waals surface area contributed by atoms with Crippen LogP contribution in [0.5, 0.6) is 11.5 Å². The van der Waals surface area contributed by atoms with Crippen molar-refractivity contribution in [3.8, 4) is 17.3 Å². The fourth-order valence-electron chi connectivity index (χ4n) is 4.16. The monoisotopic (exact) mass is 517 g/mol. The van der Waals surface area contributed by atoms with Crippen LogP contribution < -0.4 is 9.47 Å². The molecule has 3 rings (SSSR count). The van der Waals surface area contributed by atoms with Gasteiger partial charge in [0.25, 0.3) is 0 Å². The van der Waals surface area contributed by atoms with Crippen molar-refractivity contribution in [2.24, 2.45) is 0 Å². The lowest BCUT2D eigenvalue weighted by atomic mass is 9.95. The Morgan fingerprint density at radius 1 is 1.05 bits per heavy atom. The highest BCUT2D eigenvalue weighted by Crippen LogP contribution is 2.33. The molecule has 0 spiro atoms. The Balaban J connectivity index is 1.77. The number of esters is 1. The average Bonchev–Trinajstić information content (AvgIpc) is 3.31. The molecule has 2 aromatic heterocycles. The van der Waals surface area contributed by atoms with Gasteiger partial charge in [0.05, 0.1) is 17.9 Å². The number of pyridine rings is 1. The summed E-state index contributed by atoms with van der Waals surface area (Å²) in [6, 6.07) is 7.87. The minimum absolute atomic E-state index is 0.229. The molecule has 0 unspecified atom stereocenters. The van der Waals surface area contributed by atoms with Crippen molar-refractivity contribution in [2.75, 3.05) is 6.61 Å². The summed E-state index contributed by atoms with van der Waals surface area (Å²) >= 11 is 0. The molecule has 0 fully saturated rings. The van der Waals surface area contributed by atoms with Gasteiger partial charge < -0.3 is 9.47 Å². The fourth-order valence-corrected chi connectivity index (χ4v) is 4.16. The van der Waals surface area contributed by atoms with Gasteiger partial charge in [0, 0.05) is 24.7 Å². The number of ether oxygens (including phenoxy) is 2. The highest BCUT2D eigenvalue weighted by molar-refractivity contribution is 5.73. The zero-order chi connectivity index (χ0) is 27.0. The molecule has 2 heterocycles. The highest BCUT2D eigenvalue weighted by atomic mass is 19.4. The molecule has 0 saturated carbocycles. The quantitative estimate of drug-likeness (QED) is 0.146. The van der Waals surface area contributed by atoms with Gasteiger partial charge in [-0.15, -0.1) is 0 Å². The number of aromatic nitrogens is 3. The van der Waals surface area contributed by atoms with Crippen molar-refractivity contribution < 1.29 is 27.4 Å². The Bertz CT molecular complexity index is 1170. The van der Waals surface area contributed by atoms with Gasteiger partial charge >= 0.3 is 12.1 Å². The number of halogens is 3. The van der Waals surface area contributed by atoms with Crippen LogP contribution in [0.25, 0.3) is 5.82 Å². The largest absolute Gasteiger partial charge is 0.489 e. The van der Waals surface area contributed by atoms with Gasteiger partial charge in [-0.25, -0.2) is 9.67 Å². The van der Waals surface area contributed by atoms with E-state index in [1.165, 1.54) is 6.07 Å². The maximum Gasteiger partial charge on any atom is 0.417 e. The van der Waals surface area contributed by atoms with Crippen molar-refractivity contribution in [1.82, 2.24) is 14.8 Å². The van der Waals surface area contributed by atoms with Crippen LogP contribution in [0.3, 0.4) is 0 Å². The van der Waals surface area contributed by atoms with Crippen molar-refractivity contribution >= 4 is 5.97 Å². The maximum atomic E-state index is 12.9. The number of carbonyl (C=O) groups is 1. The molecule has 0 amide bonds. The van der Waals surface area contributed by atoms with Crippen LogP contribution in [-0.4, -0.2) is 27.3 Å². The lowest BCUT2D eigenvalue weighted by Gasteiger charge is -2.15. The zero-order valence-electron chi connectivity index (χ0n) is 21.8. The van der Waals surface area contributed by atoms with Gasteiger partial charge in [-0.2, -0.15) is 18.3 Å². The van der Waals surface area contributed by atoms with E-state index >= 15 is 0 Å². The molecule has 0 aliphatic heterocycles. The molecule has 3 aromatic rings. The summed E-state index contributed by atoms with van der Waals surface area (Å²) in [5.41, 5.74) is 2.11. The van der Waals surface area contributed by atoms with Crippen LogP contribution in [0.15, 0.2) is 42.7 Å². The van der Waals surface area contributed by atoms with E-state index in [2.05, 4.69) is 18.8 Å². The maximum absolute atomic E-state index is 12.9. The zero-order valence-corrected chi connectivity index (χ0v) is 21.8. The van der Waals surface area contributed by atoms with E-state index in [9.17, 15) is 18.0 Å². The van der Waals surface area contributed by atoms with Crippen molar-refractivity contribution in [1.29, 1.82) is 0 Å². The third-order valence-corrected chi connectivity index (χ3v) is 6.30. The van der Waals surface area contributed by atoms with Crippen LogP contribution in [0, 0.1) is 0 Å². The fraction of sp³-hybridized carbons (Fsp3) is 0.464. The second-order valence-corrected chi connectivity index (χ2v) is 8.78. The number of hydrogen-bond acceptors (Lipinski definition) is 5. The van der Waals surface area contributed by atoms with Crippen LogP contribution in [-0.2, 0) is 23.8 Å². The van der Waals surface area contributed by atoms with Gasteiger partial charge in [-0.05, 0) is 61.4 Å². The second kappa shape index (κ2) is 12.7. The number of benzene rings is 1. The summed E-state index contributed by atoms with van der Waals surface area (Å²) in [7, 11) is 0. The summed E-state index contributed by atoms with van der Waals surface area (Å²) < 4.78 is 51.9. The Morgan fingerprint density at radius 2 is 1.81 bits per heavy atom. The van der Waals surface area contributed by atoms with E-state index in [4.69, 9.17) is 14.6 Å². The van der Waals surface area contributed by atoms with Crippen molar-refractivity contribution in [3.05, 3.63) is 65.1 Å². The Morgan fingerprint density at radius 3 is 2.41 bits per heavy atom. The standard InChI is InChI=1S/C28H34F3N3O3/c1-5-19(6-2)26-21(18-34(33-26)24-15-14-22(17-32-24)28(29,30)31)12-10-16-36-27-20(7-3)11-9-13-23(27)37-25(35)8-4/h9,11,13-15,17-19H,5-8,10,12,16H2,1-4H3. The molecule has 0 bridgehead atoms. The summed E-state index contributed by atoms with van der Waals surface area (Å²) in [6.07, 6.45) is 2.38. The Labute approximate surface area is 215 Å². The van der Waals surface area contributed by atoms with Gasteiger partial charge in [0.1, 0.15) is 0 Å². The first kappa shape index (κ1) is 28.2. The molecule has 0 N–H and O–H groups in total. The number of aryl methyl sites for hydroxylation is 2. The molecule has 6 nitrogen and oxygen atoms in total. The van der Waals surface area contributed by atoms with Crippen LogP contribution in [0.1, 0.15) is 81.7 Å². The predicted molar refractivity (Wildman–Crippen MR) is 135 cm³/mol. The highest BCUT2D eigenvalue weighted by Gasteiger charge is 2.30. The van der Waals surface area contributed by atoms with E-state index < -0.39 is 11.7 Å². The Kier molecular flexibility index (Phi) is 9.72. The van der Waals surface area contributed by atoms with Crippen molar-refractivity contribution in [3.63, 3.8) is 0 Å². The third-order valence-electron chi connectivity index (χ3n) is 6.30. The minimum atomic E-state index is -4.44. The molecule has 1 aromatic carbocycles. The minimum Gasteiger partial charge on any atom is -0.489 e. The smallest absolute Gasteiger partial charge is 0.417 e. The normalized spacial score (nSPS) is 11.7. The van der Waals surface area contributed by atoms with Gasteiger partial charge in [-0.1, -0.05) is 39.8 Å². The lowest BCUT2D eigenvalue weighted by molar-refractivity contribution is -0.138. The van der Waals surface area contributed by atoms with E-state index in [0.29, 0.717) is 36.8 Å². The van der Waals surface area contributed by atoms with E-state index in [-0.39, 0.29) is 18.3 Å². The molecule has 0 atom stereocenters. The lowest BCUT2D eigenvalue weighted by Crippen LogP contribution is -2.09. The number of hydrogen-bond donors (Lipinski definition) is 0. The molecular formula is C28H34F3N3O3. The van der Waals surface area contributed by atoms with E-state index in [0.717, 1.165) is 48.3 Å². The first-order valence-corrected chi connectivity index (χ1v) is 12.8.